The number of para-hydroxylation sites is 1. The first-order valence-corrected chi connectivity index (χ1v) is 8.37. The number of anilines is 1. The van der Waals surface area contributed by atoms with E-state index in [-0.39, 0.29) is 5.91 Å². The van der Waals surface area contributed by atoms with Crippen LogP contribution in [0.25, 0.3) is 10.9 Å². The number of carbonyl (C=O) groups is 1. The van der Waals surface area contributed by atoms with Gasteiger partial charge in [-0.1, -0.05) is 18.2 Å². The molecule has 1 aromatic heterocycles. The Kier molecular flexibility index (Phi) is 3.65. The third-order valence-electron chi connectivity index (χ3n) is 5.12. The van der Waals surface area contributed by atoms with Crippen LogP contribution in [0.15, 0.2) is 30.3 Å². The van der Waals surface area contributed by atoms with Crippen molar-refractivity contribution in [3.63, 3.8) is 0 Å². The molecule has 4 heterocycles. The van der Waals surface area contributed by atoms with E-state index in [0.29, 0.717) is 6.04 Å². The molecule has 0 aliphatic carbocycles. The molecule has 3 aliphatic heterocycles. The zero-order valence-corrected chi connectivity index (χ0v) is 13.5. The molecule has 1 amide bonds. The molecule has 5 heteroatoms. The van der Waals surface area contributed by atoms with Crippen LogP contribution in [0.3, 0.4) is 0 Å². The Hall–Kier alpha value is -2.14. The molecule has 2 bridgehead atoms. The quantitative estimate of drug-likeness (QED) is 0.924. The minimum Gasteiger partial charge on any atom is -0.373 e. The molecule has 3 aliphatic rings. The normalized spacial score (nSPS) is 23.8. The molecular formula is C18H22N4O. The maximum absolute atomic E-state index is 13.3. The number of pyridine rings is 1. The molecule has 0 atom stereocenters. The SMILES string of the molecule is CNc1cc(C(=O)N2CCN3CCC2CC3)c2ccccc2n1. The minimum atomic E-state index is 0.147. The molecule has 3 saturated heterocycles. The van der Waals surface area contributed by atoms with Gasteiger partial charge in [0.05, 0.1) is 11.1 Å². The first-order chi connectivity index (χ1) is 11.3. The predicted molar refractivity (Wildman–Crippen MR) is 91.8 cm³/mol. The van der Waals surface area contributed by atoms with Crippen LogP contribution in [0, 0.1) is 0 Å². The summed E-state index contributed by atoms with van der Waals surface area (Å²) in [6.07, 6.45) is 2.18. The van der Waals surface area contributed by atoms with E-state index < -0.39 is 0 Å². The highest BCUT2D eigenvalue weighted by Crippen LogP contribution is 2.26. The number of rotatable bonds is 2. The highest BCUT2D eigenvalue weighted by Gasteiger charge is 2.33. The molecule has 2 aromatic rings. The van der Waals surface area contributed by atoms with Gasteiger partial charge in [-0.2, -0.15) is 0 Å². The average Bonchev–Trinajstić information content (AvgIpc) is 2.94. The van der Waals surface area contributed by atoms with Crippen molar-refractivity contribution in [3.8, 4) is 0 Å². The second kappa shape index (κ2) is 5.81. The maximum Gasteiger partial charge on any atom is 0.254 e. The minimum absolute atomic E-state index is 0.147. The van der Waals surface area contributed by atoms with E-state index in [4.69, 9.17) is 0 Å². The Balaban J connectivity index is 1.77. The monoisotopic (exact) mass is 310 g/mol. The zero-order valence-electron chi connectivity index (χ0n) is 13.5. The zero-order chi connectivity index (χ0) is 15.8. The first-order valence-electron chi connectivity index (χ1n) is 8.37. The third kappa shape index (κ3) is 2.55. The second-order valence-electron chi connectivity index (χ2n) is 6.39. The van der Waals surface area contributed by atoms with E-state index in [1.54, 1.807) is 0 Å². The Morgan fingerprint density at radius 2 is 1.96 bits per heavy atom. The summed E-state index contributed by atoms with van der Waals surface area (Å²) < 4.78 is 0. The summed E-state index contributed by atoms with van der Waals surface area (Å²) in [6.45, 7) is 4.06. The highest BCUT2D eigenvalue weighted by molar-refractivity contribution is 6.07. The van der Waals surface area contributed by atoms with Gasteiger partial charge in [0, 0.05) is 44.7 Å². The summed E-state index contributed by atoms with van der Waals surface area (Å²) in [4.78, 5) is 22.4. The van der Waals surface area contributed by atoms with Crippen LogP contribution in [-0.2, 0) is 0 Å². The summed E-state index contributed by atoms with van der Waals surface area (Å²) in [5.74, 6) is 0.892. The summed E-state index contributed by atoms with van der Waals surface area (Å²) in [6, 6.07) is 10.2. The van der Waals surface area contributed by atoms with E-state index in [0.717, 1.165) is 61.3 Å². The van der Waals surface area contributed by atoms with Crippen molar-refractivity contribution in [2.45, 2.75) is 18.9 Å². The van der Waals surface area contributed by atoms with Gasteiger partial charge in [-0.05, 0) is 25.0 Å². The Bertz CT molecular complexity index is 737. The largest absolute Gasteiger partial charge is 0.373 e. The van der Waals surface area contributed by atoms with Crippen LogP contribution in [0.1, 0.15) is 23.2 Å². The van der Waals surface area contributed by atoms with E-state index in [1.165, 1.54) is 0 Å². The smallest absolute Gasteiger partial charge is 0.254 e. The van der Waals surface area contributed by atoms with Crippen LogP contribution < -0.4 is 5.32 Å². The van der Waals surface area contributed by atoms with E-state index in [2.05, 4.69) is 20.1 Å². The number of aromatic nitrogens is 1. The van der Waals surface area contributed by atoms with E-state index >= 15 is 0 Å². The number of piperidine rings is 1. The standard InChI is InChI=1S/C18H22N4O/c1-19-17-12-15(14-4-2-3-5-16(14)20-17)18(23)22-11-10-21-8-6-13(22)7-9-21/h2-5,12-13H,6-11H2,1H3,(H,19,20). The molecular weight excluding hydrogens is 288 g/mol. The molecule has 120 valence electrons. The number of nitrogens with zero attached hydrogens (tertiary/aromatic N) is 3. The lowest BCUT2D eigenvalue weighted by atomic mass is 10.0. The lowest BCUT2D eigenvalue weighted by Crippen LogP contribution is -2.41. The molecule has 0 saturated carbocycles. The lowest BCUT2D eigenvalue weighted by molar-refractivity contribution is 0.0687. The number of amides is 1. The Labute approximate surface area is 136 Å². The Morgan fingerprint density at radius 3 is 2.74 bits per heavy atom. The van der Waals surface area contributed by atoms with Crippen LogP contribution in [0.2, 0.25) is 0 Å². The highest BCUT2D eigenvalue weighted by atomic mass is 16.2. The molecule has 0 unspecified atom stereocenters. The van der Waals surface area contributed by atoms with Crippen molar-refractivity contribution in [2.24, 2.45) is 0 Å². The predicted octanol–water partition coefficient (Wildman–Crippen LogP) is 2.20. The summed E-state index contributed by atoms with van der Waals surface area (Å²) in [5.41, 5.74) is 1.63. The van der Waals surface area contributed by atoms with Crippen LogP contribution >= 0.6 is 0 Å². The molecule has 3 fully saturated rings. The fraction of sp³-hybridized carbons (Fsp3) is 0.444. The van der Waals surface area contributed by atoms with E-state index in [9.17, 15) is 4.79 Å². The van der Waals surface area contributed by atoms with Gasteiger partial charge in [-0.25, -0.2) is 4.98 Å². The van der Waals surface area contributed by atoms with Crippen molar-refractivity contribution in [1.29, 1.82) is 0 Å². The van der Waals surface area contributed by atoms with Gasteiger partial charge in [0.25, 0.3) is 5.91 Å². The van der Waals surface area contributed by atoms with Crippen LogP contribution in [-0.4, -0.2) is 60.0 Å². The molecule has 1 aromatic carbocycles. The second-order valence-corrected chi connectivity index (χ2v) is 6.39. The average molecular weight is 310 g/mol. The summed E-state index contributed by atoms with van der Waals surface area (Å²) >= 11 is 0. The number of carbonyl (C=O) groups excluding carboxylic acids is 1. The topological polar surface area (TPSA) is 48.5 Å². The van der Waals surface area contributed by atoms with Crippen LogP contribution in [0.4, 0.5) is 5.82 Å². The fourth-order valence-corrected chi connectivity index (χ4v) is 3.79. The molecule has 5 rings (SSSR count). The molecule has 0 spiro atoms. The number of nitrogens with one attached hydrogen (secondary N) is 1. The van der Waals surface area contributed by atoms with Crippen molar-refractivity contribution >= 4 is 22.6 Å². The summed E-state index contributed by atoms with van der Waals surface area (Å²) in [5, 5.41) is 4.01. The van der Waals surface area contributed by atoms with Crippen LogP contribution in [0.5, 0.6) is 0 Å². The maximum atomic E-state index is 13.3. The van der Waals surface area contributed by atoms with Gasteiger partial charge in [0.15, 0.2) is 0 Å². The molecule has 0 radical (unpaired) electrons. The van der Waals surface area contributed by atoms with Gasteiger partial charge in [-0.3, -0.25) is 4.79 Å². The summed E-state index contributed by atoms with van der Waals surface area (Å²) in [7, 11) is 1.84. The van der Waals surface area contributed by atoms with Crippen molar-refractivity contribution < 1.29 is 4.79 Å². The van der Waals surface area contributed by atoms with Crippen molar-refractivity contribution in [2.75, 3.05) is 38.5 Å². The number of hydrogen-bond acceptors (Lipinski definition) is 4. The molecule has 5 nitrogen and oxygen atoms in total. The number of fused-ring (bicyclic) bond motifs is 5. The number of benzene rings is 1. The van der Waals surface area contributed by atoms with Gasteiger partial charge in [-0.15, -0.1) is 0 Å². The van der Waals surface area contributed by atoms with Gasteiger partial charge in [0.2, 0.25) is 0 Å². The van der Waals surface area contributed by atoms with Gasteiger partial charge < -0.3 is 15.1 Å². The first kappa shape index (κ1) is 14.5. The third-order valence-corrected chi connectivity index (χ3v) is 5.12. The molecule has 23 heavy (non-hydrogen) atoms. The van der Waals surface area contributed by atoms with Crippen molar-refractivity contribution in [3.05, 3.63) is 35.9 Å². The van der Waals surface area contributed by atoms with Crippen molar-refractivity contribution in [1.82, 2.24) is 14.8 Å². The lowest BCUT2D eigenvalue weighted by Gasteiger charge is -2.31. The van der Waals surface area contributed by atoms with Gasteiger partial charge >= 0.3 is 0 Å². The van der Waals surface area contributed by atoms with E-state index in [1.807, 2.05) is 37.4 Å². The Morgan fingerprint density at radius 1 is 1.17 bits per heavy atom. The number of hydrogen-bond donors (Lipinski definition) is 1. The fourth-order valence-electron chi connectivity index (χ4n) is 3.79. The van der Waals surface area contributed by atoms with Gasteiger partial charge in [0.1, 0.15) is 5.82 Å². The molecule has 1 N–H and O–H groups in total.